The van der Waals surface area contributed by atoms with E-state index < -0.39 is 10.0 Å². The third kappa shape index (κ3) is 3.03. The Morgan fingerprint density at radius 1 is 1.60 bits per heavy atom. The van der Waals surface area contributed by atoms with E-state index in [4.69, 9.17) is 9.88 Å². The second-order valence-corrected chi connectivity index (χ2v) is 4.29. The summed E-state index contributed by atoms with van der Waals surface area (Å²) in [7, 11) is -3.74. The first kappa shape index (κ1) is 11.7. The van der Waals surface area contributed by atoms with Crippen molar-refractivity contribution in [3.05, 3.63) is 30.5 Å². The Morgan fingerprint density at radius 2 is 2.27 bits per heavy atom. The predicted octanol–water partition coefficient (Wildman–Crippen LogP) is 0.736. The van der Waals surface area contributed by atoms with Crippen LogP contribution in [0.5, 0.6) is 0 Å². The van der Waals surface area contributed by atoms with Crippen LogP contribution in [-0.4, -0.2) is 20.0 Å². The van der Waals surface area contributed by atoms with E-state index in [9.17, 15) is 8.42 Å². The molecule has 0 spiro atoms. The highest BCUT2D eigenvalue weighted by molar-refractivity contribution is 7.89. The maximum Gasteiger partial charge on any atom is 0.255 e. The average Bonchev–Trinajstić information content (AvgIpc) is 2.17. The molecule has 2 N–H and O–H groups in total. The lowest BCUT2D eigenvalue weighted by molar-refractivity contribution is 0.299. The number of sulfonamides is 1. The minimum Gasteiger partial charge on any atom is -0.494 e. The van der Waals surface area contributed by atoms with Crippen LogP contribution in [-0.2, 0) is 14.8 Å². The summed E-state index contributed by atoms with van der Waals surface area (Å²) >= 11 is 0. The molecule has 1 heterocycles. The number of pyridine rings is 1. The van der Waals surface area contributed by atoms with Gasteiger partial charge in [-0.25, -0.2) is 18.5 Å². The smallest absolute Gasteiger partial charge is 0.255 e. The number of aromatic nitrogens is 1. The molecule has 0 fully saturated rings. The Morgan fingerprint density at radius 3 is 2.67 bits per heavy atom. The van der Waals surface area contributed by atoms with Gasteiger partial charge in [0.2, 0.25) is 0 Å². The van der Waals surface area contributed by atoms with Crippen molar-refractivity contribution in [1.29, 1.82) is 0 Å². The van der Waals surface area contributed by atoms with E-state index in [2.05, 4.69) is 11.6 Å². The third-order valence-electron chi connectivity index (χ3n) is 1.67. The van der Waals surface area contributed by atoms with Gasteiger partial charge in [0.15, 0.2) is 5.03 Å². The zero-order chi connectivity index (χ0) is 11.5. The quantitative estimate of drug-likeness (QED) is 0.770. The first-order valence-electron chi connectivity index (χ1n) is 4.26. The molecule has 1 aromatic rings. The van der Waals surface area contributed by atoms with Gasteiger partial charge in [-0.05, 0) is 19.1 Å². The van der Waals surface area contributed by atoms with Crippen molar-refractivity contribution < 1.29 is 13.2 Å². The van der Waals surface area contributed by atoms with Crippen LogP contribution in [0.2, 0.25) is 0 Å². The van der Waals surface area contributed by atoms with Gasteiger partial charge in [0, 0.05) is 11.8 Å². The fraction of sp³-hybridized carbons (Fsp3) is 0.222. The predicted molar refractivity (Wildman–Crippen MR) is 56.3 cm³/mol. The number of hydrogen-bond acceptors (Lipinski definition) is 4. The number of nitrogens with two attached hydrogens (primary N) is 1. The fourth-order valence-electron chi connectivity index (χ4n) is 0.971. The van der Waals surface area contributed by atoms with Crippen molar-refractivity contribution in [1.82, 2.24) is 4.98 Å². The van der Waals surface area contributed by atoms with Crippen LogP contribution < -0.4 is 5.14 Å². The zero-order valence-corrected chi connectivity index (χ0v) is 9.12. The van der Waals surface area contributed by atoms with Crippen LogP contribution in [0.3, 0.4) is 0 Å². The van der Waals surface area contributed by atoms with Gasteiger partial charge in [-0.15, -0.1) is 0 Å². The highest BCUT2D eigenvalue weighted by Gasteiger charge is 2.09. The van der Waals surface area contributed by atoms with E-state index in [1.807, 2.05) is 6.92 Å². The molecule has 5 nitrogen and oxygen atoms in total. The molecular formula is C9H12N2O3S. The van der Waals surface area contributed by atoms with E-state index in [0.717, 1.165) is 0 Å². The van der Waals surface area contributed by atoms with Crippen LogP contribution in [0.4, 0.5) is 0 Å². The molecule has 1 rings (SSSR count). The molecule has 15 heavy (non-hydrogen) atoms. The van der Waals surface area contributed by atoms with Gasteiger partial charge in [0.25, 0.3) is 10.0 Å². The SMILES string of the molecule is C=C(OCC)c1ccc(S(N)(=O)=O)nc1. The number of rotatable bonds is 4. The summed E-state index contributed by atoms with van der Waals surface area (Å²) in [6.45, 7) is 5.99. The van der Waals surface area contributed by atoms with Crippen molar-refractivity contribution >= 4 is 15.8 Å². The summed E-state index contributed by atoms with van der Waals surface area (Å²) in [6.07, 6.45) is 1.36. The van der Waals surface area contributed by atoms with Crippen LogP contribution in [0.1, 0.15) is 12.5 Å². The lowest BCUT2D eigenvalue weighted by Crippen LogP contribution is -2.13. The van der Waals surface area contributed by atoms with Gasteiger partial charge in [-0.1, -0.05) is 6.58 Å². The molecule has 82 valence electrons. The largest absolute Gasteiger partial charge is 0.494 e. The van der Waals surface area contributed by atoms with Gasteiger partial charge < -0.3 is 4.74 Å². The van der Waals surface area contributed by atoms with Crippen molar-refractivity contribution in [2.24, 2.45) is 5.14 Å². The number of ether oxygens (including phenoxy) is 1. The standard InChI is InChI=1S/C9H12N2O3S/c1-3-14-7(2)8-4-5-9(11-6-8)15(10,12)13/h4-6H,2-3H2,1H3,(H2,10,12,13). The molecule has 0 unspecified atom stereocenters. The first-order valence-corrected chi connectivity index (χ1v) is 5.80. The normalized spacial score (nSPS) is 11.1. The summed E-state index contributed by atoms with van der Waals surface area (Å²) in [5, 5.41) is 4.73. The molecule has 0 bridgehead atoms. The van der Waals surface area contributed by atoms with E-state index in [1.165, 1.54) is 12.3 Å². The molecule has 0 saturated heterocycles. The highest BCUT2D eigenvalue weighted by atomic mass is 32.2. The molecule has 6 heteroatoms. The van der Waals surface area contributed by atoms with Crippen molar-refractivity contribution in [2.75, 3.05) is 6.61 Å². The summed E-state index contributed by atoms with van der Waals surface area (Å²) in [4.78, 5) is 3.70. The molecule has 0 saturated carbocycles. The van der Waals surface area contributed by atoms with Crippen molar-refractivity contribution in [3.63, 3.8) is 0 Å². The average molecular weight is 228 g/mol. The van der Waals surface area contributed by atoms with E-state index in [1.54, 1.807) is 6.07 Å². The molecule has 1 aromatic heterocycles. The molecule has 0 atom stereocenters. The molecule has 0 aliphatic rings. The highest BCUT2D eigenvalue weighted by Crippen LogP contribution is 2.13. The minimum atomic E-state index is -3.74. The number of nitrogens with zero attached hydrogens (tertiary/aromatic N) is 1. The minimum absolute atomic E-state index is 0.171. The van der Waals surface area contributed by atoms with Gasteiger partial charge in [-0.3, -0.25) is 0 Å². The second-order valence-electron chi connectivity index (χ2n) is 2.79. The third-order valence-corrected chi connectivity index (χ3v) is 2.49. The molecule has 0 aliphatic carbocycles. The monoisotopic (exact) mass is 228 g/mol. The lowest BCUT2D eigenvalue weighted by Gasteiger charge is -2.06. The molecule has 0 aromatic carbocycles. The lowest BCUT2D eigenvalue weighted by atomic mass is 10.2. The Labute approximate surface area is 88.6 Å². The van der Waals surface area contributed by atoms with Gasteiger partial charge in [-0.2, -0.15) is 0 Å². The van der Waals surface area contributed by atoms with E-state index in [-0.39, 0.29) is 5.03 Å². The van der Waals surface area contributed by atoms with Crippen molar-refractivity contribution in [2.45, 2.75) is 11.9 Å². The fourth-order valence-corrected chi connectivity index (χ4v) is 1.43. The molecular weight excluding hydrogens is 216 g/mol. The Hall–Kier alpha value is -1.40. The second kappa shape index (κ2) is 4.41. The van der Waals surface area contributed by atoms with Crippen LogP contribution in [0, 0.1) is 0 Å². The summed E-state index contributed by atoms with van der Waals surface area (Å²) in [5.41, 5.74) is 0.629. The first-order chi connectivity index (χ1) is 6.95. The maximum atomic E-state index is 10.9. The van der Waals surface area contributed by atoms with Crippen molar-refractivity contribution in [3.8, 4) is 0 Å². The van der Waals surface area contributed by atoms with Gasteiger partial charge >= 0.3 is 0 Å². The van der Waals surface area contributed by atoms with E-state index in [0.29, 0.717) is 17.9 Å². The summed E-state index contributed by atoms with van der Waals surface area (Å²) in [6, 6.07) is 2.86. The van der Waals surface area contributed by atoms with Gasteiger partial charge in [0.1, 0.15) is 5.76 Å². The molecule has 0 amide bonds. The number of primary sulfonamides is 1. The summed E-state index contributed by atoms with van der Waals surface area (Å²) < 4.78 is 26.9. The van der Waals surface area contributed by atoms with E-state index >= 15 is 0 Å². The summed E-state index contributed by atoms with van der Waals surface area (Å²) in [5.74, 6) is 0.450. The molecule has 0 radical (unpaired) electrons. The molecule has 0 aliphatic heterocycles. The topological polar surface area (TPSA) is 82.3 Å². The Balaban J connectivity index is 2.96. The van der Waals surface area contributed by atoms with Crippen LogP contribution in [0.25, 0.3) is 5.76 Å². The van der Waals surface area contributed by atoms with Crippen LogP contribution in [0.15, 0.2) is 29.9 Å². The maximum absolute atomic E-state index is 10.9. The van der Waals surface area contributed by atoms with Gasteiger partial charge in [0.05, 0.1) is 6.61 Å². The number of hydrogen-bond donors (Lipinski definition) is 1. The van der Waals surface area contributed by atoms with Crippen LogP contribution >= 0.6 is 0 Å². The zero-order valence-electron chi connectivity index (χ0n) is 8.30. The Kier molecular flexibility index (Phi) is 3.43. The Bertz CT molecular complexity index is 451.